The summed E-state index contributed by atoms with van der Waals surface area (Å²) in [5, 5.41) is 9.30. The molecule has 1 aromatic heterocycles. The molecule has 0 aliphatic heterocycles. The van der Waals surface area contributed by atoms with Crippen molar-refractivity contribution in [1.29, 1.82) is 0 Å². The highest BCUT2D eigenvalue weighted by Gasteiger charge is 2.08. The molecule has 0 aliphatic rings. The van der Waals surface area contributed by atoms with Gasteiger partial charge in [-0.15, -0.1) is 0 Å². The number of ether oxygens (including phenoxy) is 1. The maximum atomic E-state index is 9.30. The van der Waals surface area contributed by atoms with Gasteiger partial charge in [0.15, 0.2) is 0 Å². The molecule has 1 rings (SSSR count). The van der Waals surface area contributed by atoms with E-state index in [-0.39, 0.29) is 5.76 Å². The number of rotatable bonds is 3. The normalized spacial score (nSPS) is 9.57. The second-order valence-corrected chi connectivity index (χ2v) is 2.98. The van der Waals surface area contributed by atoms with Crippen LogP contribution in [0.3, 0.4) is 0 Å². The molecule has 0 aromatic carbocycles. The van der Waals surface area contributed by atoms with E-state index in [9.17, 15) is 5.11 Å². The van der Waals surface area contributed by atoms with Crippen molar-refractivity contribution in [3.05, 3.63) is 36.5 Å². The molecule has 1 aromatic rings. The second kappa shape index (κ2) is 3.96. The molecule has 0 aliphatic carbocycles. The number of pyridine rings is 1. The van der Waals surface area contributed by atoms with Gasteiger partial charge in [0.2, 0.25) is 5.88 Å². The Balaban J connectivity index is 3.31. The third-order valence-electron chi connectivity index (χ3n) is 1.79. The lowest BCUT2D eigenvalue weighted by Gasteiger charge is -2.08. The molecule has 0 bridgehead atoms. The summed E-state index contributed by atoms with van der Waals surface area (Å²) < 4.78 is 4.98. The molecule has 0 saturated carbocycles. The summed E-state index contributed by atoms with van der Waals surface area (Å²) in [6.45, 7) is 9.04. The van der Waals surface area contributed by atoms with Crippen LogP contribution in [0.2, 0.25) is 0 Å². The minimum Gasteiger partial charge on any atom is -0.508 e. The van der Waals surface area contributed by atoms with E-state index in [0.29, 0.717) is 17.1 Å². The van der Waals surface area contributed by atoms with Crippen molar-refractivity contribution < 1.29 is 9.84 Å². The molecule has 0 atom stereocenters. The third kappa shape index (κ3) is 1.93. The van der Waals surface area contributed by atoms with Crippen LogP contribution in [-0.4, -0.2) is 17.2 Å². The Morgan fingerprint density at radius 2 is 2.07 bits per heavy atom. The number of aliphatic hydroxyl groups excluding tert-OH is 1. The lowest BCUT2D eigenvalue weighted by atomic mass is 10.1. The molecule has 0 saturated heterocycles. The Morgan fingerprint density at radius 3 is 2.50 bits per heavy atom. The molecule has 14 heavy (non-hydrogen) atoms. The van der Waals surface area contributed by atoms with Gasteiger partial charge in [-0.25, -0.2) is 4.98 Å². The van der Waals surface area contributed by atoms with Gasteiger partial charge in [0.25, 0.3) is 0 Å². The van der Waals surface area contributed by atoms with Crippen LogP contribution < -0.4 is 4.74 Å². The molecule has 1 N–H and O–H groups in total. The van der Waals surface area contributed by atoms with Crippen molar-refractivity contribution in [2.24, 2.45) is 0 Å². The van der Waals surface area contributed by atoms with Gasteiger partial charge in [0, 0.05) is 11.6 Å². The summed E-state index contributed by atoms with van der Waals surface area (Å²) in [6, 6.07) is 3.38. The van der Waals surface area contributed by atoms with E-state index in [2.05, 4.69) is 18.1 Å². The molecule has 0 radical (unpaired) electrons. The topological polar surface area (TPSA) is 42.4 Å². The third-order valence-corrected chi connectivity index (χ3v) is 1.79. The van der Waals surface area contributed by atoms with Gasteiger partial charge in [-0.1, -0.05) is 13.2 Å². The van der Waals surface area contributed by atoms with Crippen molar-refractivity contribution in [2.75, 3.05) is 7.11 Å². The van der Waals surface area contributed by atoms with Gasteiger partial charge in [0.05, 0.1) is 12.8 Å². The Kier molecular flexibility index (Phi) is 2.92. The van der Waals surface area contributed by atoms with Crippen molar-refractivity contribution in [3.63, 3.8) is 0 Å². The average Bonchev–Trinajstić information content (AvgIpc) is 2.16. The minimum atomic E-state index is -0.0156. The van der Waals surface area contributed by atoms with E-state index in [1.807, 2.05) is 6.92 Å². The van der Waals surface area contributed by atoms with Gasteiger partial charge in [-0.3, -0.25) is 0 Å². The Morgan fingerprint density at radius 1 is 1.43 bits per heavy atom. The maximum absolute atomic E-state index is 9.30. The summed E-state index contributed by atoms with van der Waals surface area (Å²) >= 11 is 0. The second-order valence-electron chi connectivity index (χ2n) is 2.98. The smallest absolute Gasteiger partial charge is 0.213 e. The van der Waals surface area contributed by atoms with Gasteiger partial charge in [0.1, 0.15) is 5.76 Å². The maximum Gasteiger partial charge on any atom is 0.213 e. The number of aliphatic hydroxyl groups is 1. The monoisotopic (exact) mass is 191 g/mol. The summed E-state index contributed by atoms with van der Waals surface area (Å²) in [7, 11) is 1.54. The zero-order chi connectivity index (χ0) is 10.7. The fourth-order valence-corrected chi connectivity index (χ4v) is 1.11. The lowest BCUT2D eigenvalue weighted by molar-refractivity contribution is 0.397. The van der Waals surface area contributed by atoms with Crippen molar-refractivity contribution in [2.45, 2.75) is 6.92 Å². The molecule has 0 spiro atoms. The first-order valence-corrected chi connectivity index (χ1v) is 4.15. The number of nitrogens with zero attached hydrogens (tertiary/aromatic N) is 1. The molecular weight excluding hydrogens is 178 g/mol. The molecule has 3 heteroatoms. The van der Waals surface area contributed by atoms with Crippen LogP contribution in [0, 0.1) is 0 Å². The first kappa shape index (κ1) is 10.3. The molecule has 74 valence electrons. The molecule has 0 amide bonds. The van der Waals surface area contributed by atoms with E-state index < -0.39 is 0 Å². The van der Waals surface area contributed by atoms with Crippen molar-refractivity contribution in [1.82, 2.24) is 4.98 Å². The zero-order valence-electron chi connectivity index (χ0n) is 8.37. The SMILES string of the molecule is C=C(O)c1ccc(OC)nc1C(=C)C. The van der Waals surface area contributed by atoms with Gasteiger partial charge < -0.3 is 9.84 Å². The minimum absolute atomic E-state index is 0.0156. The molecule has 3 nitrogen and oxygen atoms in total. The van der Waals surface area contributed by atoms with Crippen LogP contribution in [0.4, 0.5) is 0 Å². The van der Waals surface area contributed by atoms with E-state index >= 15 is 0 Å². The van der Waals surface area contributed by atoms with Crippen molar-refractivity contribution in [3.8, 4) is 5.88 Å². The van der Waals surface area contributed by atoms with Gasteiger partial charge in [-0.05, 0) is 18.6 Å². The molecular formula is C11H13NO2. The summed E-state index contributed by atoms with van der Waals surface area (Å²) in [6.07, 6.45) is 0. The van der Waals surface area contributed by atoms with Crippen molar-refractivity contribution >= 4 is 11.3 Å². The molecule has 0 unspecified atom stereocenters. The lowest BCUT2D eigenvalue weighted by Crippen LogP contribution is -1.97. The van der Waals surface area contributed by atoms with E-state index in [1.165, 1.54) is 7.11 Å². The Labute approximate surface area is 83.4 Å². The standard InChI is InChI=1S/C11H13NO2/c1-7(2)11-9(8(3)13)5-6-10(12-11)14-4/h5-6,13H,1,3H2,2,4H3. The number of allylic oxidation sites excluding steroid dienone is 1. The predicted octanol–water partition coefficient (Wildman–Crippen LogP) is 2.65. The zero-order valence-corrected chi connectivity index (χ0v) is 8.37. The molecule has 0 fully saturated rings. The van der Waals surface area contributed by atoms with Crippen LogP contribution in [0.15, 0.2) is 25.3 Å². The fraction of sp³-hybridized carbons (Fsp3) is 0.182. The summed E-state index contributed by atoms with van der Waals surface area (Å²) in [5.41, 5.74) is 1.95. The fourth-order valence-electron chi connectivity index (χ4n) is 1.11. The summed E-state index contributed by atoms with van der Waals surface area (Å²) in [4.78, 5) is 4.17. The number of hydrogen-bond donors (Lipinski definition) is 1. The van der Waals surface area contributed by atoms with Gasteiger partial charge in [-0.2, -0.15) is 0 Å². The summed E-state index contributed by atoms with van der Waals surface area (Å²) in [5.74, 6) is 0.478. The van der Waals surface area contributed by atoms with E-state index in [4.69, 9.17) is 4.74 Å². The van der Waals surface area contributed by atoms with E-state index in [0.717, 1.165) is 5.57 Å². The number of aromatic nitrogens is 1. The highest BCUT2D eigenvalue weighted by Crippen LogP contribution is 2.22. The Bertz CT molecular complexity index is 383. The molecule has 1 heterocycles. The largest absolute Gasteiger partial charge is 0.508 e. The van der Waals surface area contributed by atoms with Crippen LogP contribution >= 0.6 is 0 Å². The van der Waals surface area contributed by atoms with Gasteiger partial charge >= 0.3 is 0 Å². The van der Waals surface area contributed by atoms with E-state index in [1.54, 1.807) is 12.1 Å². The first-order chi connectivity index (χ1) is 6.56. The highest BCUT2D eigenvalue weighted by molar-refractivity contribution is 5.72. The Hall–Kier alpha value is -1.77. The average molecular weight is 191 g/mol. The quantitative estimate of drug-likeness (QED) is 0.747. The number of methoxy groups -OCH3 is 1. The first-order valence-electron chi connectivity index (χ1n) is 4.15. The number of hydrogen-bond acceptors (Lipinski definition) is 3. The predicted molar refractivity (Wildman–Crippen MR) is 57.2 cm³/mol. The van der Waals surface area contributed by atoms with Crippen LogP contribution in [0.1, 0.15) is 18.2 Å². The van der Waals surface area contributed by atoms with Crippen LogP contribution in [-0.2, 0) is 0 Å². The van der Waals surface area contributed by atoms with Crippen LogP contribution in [0.5, 0.6) is 5.88 Å². The highest BCUT2D eigenvalue weighted by atomic mass is 16.5. The van der Waals surface area contributed by atoms with Crippen LogP contribution in [0.25, 0.3) is 11.3 Å².